The summed E-state index contributed by atoms with van der Waals surface area (Å²) in [4.78, 5) is 5.10. The van der Waals surface area contributed by atoms with Crippen molar-refractivity contribution in [3.05, 3.63) is 24.1 Å². The second-order valence-electron chi connectivity index (χ2n) is 5.82. The summed E-state index contributed by atoms with van der Waals surface area (Å²) in [6.07, 6.45) is -2.76. The summed E-state index contributed by atoms with van der Waals surface area (Å²) in [6.45, 7) is 0. The van der Waals surface area contributed by atoms with Gasteiger partial charge in [0.2, 0.25) is 10.0 Å². The number of alkyl halides is 3. The van der Waals surface area contributed by atoms with Crippen molar-refractivity contribution in [3.63, 3.8) is 0 Å². The van der Waals surface area contributed by atoms with Gasteiger partial charge in [-0.15, -0.1) is 15.1 Å². The first kappa shape index (κ1) is 17.1. The second-order valence-corrected chi connectivity index (χ2v) is 7.50. The number of hydrogen-bond acceptors (Lipinski definition) is 8. The topological polar surface area (TPSA) is 101 Å². The van der Waals surface area contributed by atoms with Gasteiger partial charge in [0.15, 0.2) is 5.79 Å². The van der Waals surface area contributed by atoms with Crippen molar-refractivity contribution in [2.45, 2.75) is 30.0 Å². The van der Waals surface area contributed by atoms with Crippen LogP contribution >= 0.6 is 0 Å². The Balaban J connectivity index is 1.71. The predicted molar refractivity (Wildman–Crippen MR) is 80.7 cm³/mol. The van der Waals surface area contributed by atoms with E-state index in [2.05, 4.69) is 10.2 Å². The summed E-state index contributed by atoms with van der Waals surface area (Å²) in [5.74, 6) is -2.83. The van der Waals surface area contributed by atoms with Crippen LogP contribution in [0.5, 0.6) is 0 Å². The Labute approximate surface area is 145 Å². The Hall–Kier alpha value is -2.38. The largest absolute Gasteiger partial charge is 0.400 e. The fraction of sp³-hybridized carbons (Fsp3) is 0.385. The van der Waals surface area contributed by atoms with E-state index in [1.807, 2.05) is 4.72 Å². The number of benzene rings is 1. The lowest BCUT2D eigenvalue weighted by Gasteiger charge is -2.12. The minimum atomic E-state index is -4.12. The highest BCUT2D eigenvalue weighted by atomic mass is 32.2. The van der Waals surface area contributed by atoms with Crippen LogP contribution in [0.25, 0.3) is 0 Å². The fourth-order valence-electron chi connectivity index (χ4n) is 2.36. The van der Waals surface area contributed by atoms with Crippen LogP contribution in [0.4, 0.5) is 30.6 Å². The molecule has 1 N–H and O–H groups in total. The maximum Gasteiger partial charge on any atom is 0.350 e. The summed E-state index contributed by atoms with van der Waals surface area (Å²) < 4.78 is 70.5. The van der Waals surface area contributed by atoms with Crippen molar-refractivity contribution in [2.75, 3.05) is 17.2 Å². The van der Waals surface area contributed by atoms with E-state index in [1.54, 1.807) is 0 Å². The molecule has 1 aliphatic carbocycles. The maximum atomic E-state index is 13.8. The summed E-state index contributed by atoms with van der Waals surface area (Å²) >= 11 is 0. The third kappa shape index (κ3) is 2.87. The van der Waals surface area contributed by atoms with Crippen LogP contribution in [0.15, 0.2) is 27.5 Å². The summed E-state index contributed by atoms with van der Waals surface area (Å²) in [7, 11) is -2.61. The Morgan fingerprint density at radius 2 is 2.00 bits per heavy atom. The van der Waals surface area contributed by atoms with Gasteiger partial charge in [0.05, 0.1) is 10.6 Å². The van der Waals surface area contributed by atoms with E-state index in [-0.39, 0.29) is 23.4 Å². The standard InChI is InChI=1S/C13H12F3N5O4S/c1-20-8-3-2-7(26(22,23)19-13(16)4-5-13)6-9(8)21(25-20)12-18-17-11(24-12)10(14)15/h2-3,6,10,19H,4-5H2,1H3. The number of aromatic nitrogens is 2. The van der Waals surface area contributed by atoms with Gasteiger partial charge in [-0.3, -0.25) is 0 Å². The molecule has 2 heterocycles. The molecule has 0 spiro atoms. The molecule has 0 atom stereocenters. The van der Waals surface area contributed by atoms with Crippen LogP contribution in [0.1, 0.15) is 25.2 Å². The number of nitrogens with zero attached hydrogens (tertiary/aromatic N) is 4. The molecule has 2 aromatic rings. The minimum Gasteiger partial charge on any atom is -0.400 e. The van der Waals surface area contributed by atoms with Gasteiger partial charge in [-0.25, -0.2) is 17.9 Å². The first-order valence-electron chi connectivity index (χ1n) is 7.39. The SMILES string of the molecule is CN1ON(c2nnc(C(F)F)o2)c2cc(S(=O)(=O)NC3(F)CC3)ccc21. The first-order valence-corrected chi connectivity index (χ1v) is 8.87. The zero-order chi connectivity index (χ0) is 18.7. The number of hydroxylamine groups is 1. The number of halogens is 3. The van der Waals surface area contributed by atoms with Gasteiger partial charge >= 0.3 is 12.4 Å². The summed E-state index contributed by atoms with van der Waals surface area (Å²) in [5.41, 5.74) is 0.575. The molecule has 1 aromatic heterocycles. The first-order chi connectivity index (χ1) is 12.2. The Morgan fingerprint density at radius 3 is 2.62 bits per heavy atom. The number of anilines is 3. The van der Waals surface area contributed by atoms with Crippen molar-refractivity contribution >= 4 is 27.4 Å². The molecule has 0 amide bonds. The number of fused-ring (bicyclic) bond motifs is 1. The Bertz CT molecular complexity index is 962. The molecule has 1 aromatic carbocycles. The summed E-state index contributed by atoms with van der Waals surface area (Å²) in [6, 6.07) is 3.48. The molecule has 1 saturated carbocycles. The fourth-order valence-corrected chi connectivity index (χ4v) is 3.67. The van der Waals surface area contributed by atoms with Crippen LogP contribution in [-0.2, 0) is 15.0 Å². The normalized spacial score (nSPS) is 18.5. The molecule has 9 nitrogen and oxygen atoms in total. The predicted octanol–water partition coefficient (Wildman–Crippen LogP) is 2.18. The highest BCUT2D eigenvalue weighted by Gasteiger charge is 2.47. The van der Waals surface area contributed by atoms with Crippen LogP contribution in [0.2, 0.25) is 0 Å². The Morgan fingerprint density at radius 1 is 1.27 bits per heavy atom. The number of hydrogen-bond donors (Lipinski definition) is 1. The van der Waals surface area contributed by atoms with E-state index in [9.17, 15) is 21.6 Å². The van der Waals surface area contributed by atoms with Crippen LogP contribution in [0, 0.1) is 0 Å². The van der Waals surface area contributed by atoms with Crippen molar-refractivity contribution in [1.29, 1.82) is 0 Å². The second kappa shape index (κ2) is 5.56. The molecule has 4 rings (SSSR count). The van der Waals surface area contributed by atoms with Gasteiger partial charge in [0.25, 0.3) is 5.89 Å². The van der Waals surface area contributed by atoms with Crippen LogP contribution < -0.4 is 14.8 Å². The lowest BCUT2D eigenvalue weighted by molar-refractivity contribution is 0.105. The van der Waals surface area contributed by atoms with Crippen molar-refractivity contribution < 1.29 is 30.9 Å². The zero-order valence-electron chi connectivity index (χ0n) is 13.2. The van der Waals surface area contributed by atoms with E-state index in [0.717, 1.165) is 5.06 Å². The van der Waals surface area contributed by atoms with E-state index < -0.39 is 34.1 Å². The zero-order valence-corrected chi connectivity index (χ0v) is 14.0. The number of rotatable bonds is 5. The van der Waals surface area contributed by atoms with Crippen molar-refractivity contribution in [1.82, 2.24) is 14.9 Å². The van der Waals surface area contributed by atoms with Crippen LogP contribution in [0.3, 0.4) is 0 Å². The Kier molecular flexibility index (Phi) is 3.65. The highest BCUT2D eigenvalue weighted by molar-refractivity contribution is 7.89. The molecule has 1 fully saturated rings. The average Bonchev–Trinajstić information content (AvgIpc) is 3.00. The van der Waals surface area contributed by atoms with Crippen molar-refractivity contribution in [2.24, 2.45) is 0 Å². The highest BCUT2D eigenvalue weighted by Crippen LogP contribution is 2.43. The molecule has 0 saturated heterocycles. The van der Waals surface area contributed by atoms with E-state index in [0.29, 0.717) is 5.69 Å². The molecule has 1 aliphatic heterocycles. The minimum absolute atomic E-state index is 0.105. The van der Waals surface area contributed by atoms with Gasteiger partial charge in [0, 0.05) is 19.9 Å². The molecular formula is C13H12F3N5O4S. The molecular weight excluding hydrogens is 379 g/mol. The average molecular weight is 391 g/mol. The van der Waals surface area contributed by atoms with Gasteiger partial charge < -0.3 is 4.42 Å². The number of sulfonamides is 1. The molecule has 2 aliphatic rings. The van der Waals surface area contributed by atoms with Crippen LogP contribution in [-0.4, -0.2) is 31.5 Å². The quantitative estimate of drug-likeness (QED) is 0.774. The number of nitrogens with one attached hydrogen (secondary N) is 1. The van der Waals surface area contributed by atoms with Gasteiger partial charge in [-0.2, -0.15) is 13.5 Å². The third-order valence-corrected chi connectivity index (χ3v) is 5.33. The van der Waals surface area contributed by atoms with Gasteiger partial charge in [-0.1, -0.05) is 5.10 Å². The maximum absolute atomic E-state index is 13.8. The van der Waals surface area contributed by atoms with Gasteiger partial charge in [0.1, 0.15) is 5.69 Å². The van der Waals surface area contributed by atoms with E-state index >= 15 is 0 Å². The molecule has 140 valence electrons. The lowest BCUT2D eigenvalue weighted by Crippen LogP contribution is -2.33. The third-order valence-electron chi connectivity index (χ3n) is 3.82. The summed E-state index contributed by atoms with van der Waals surface area (Å²) in [5, 5.41) is 8.83. The monoisotopic (exact) mass is 391 g/mol. The molecule has 0 radical (unpaired) electrons. The lowest BCUT2D eigenvalue weighted by atomic mass is 10.2. The van der Waals surface area contributed by atoms with Crippen molar-refractivity contribution in [3.8, 4) is 0 Å². The van der Waals surface area contributed by atoms with Gasteiger partial charge in [-0.05, 0) is 18.2 Å². The van der Waals surface area contributed by atoms with E-state index in [4.69, 9.17) is 9.36 Å². The molecule has 26 heavy (non-hydrogen) atoms. The smallest absolute Gasteiger partial charge is 0.350 e. The van der Waals surface area contributed by atoms with E-state index in [1.165, 1.54) is 30.3 Å². The molecule has 0 bridgehead atoms. The molecule has 13 heteroatoms. The molecule has 0 unspecified atom stereocenters.